The zero-order valence-electron chi connectivity index (χ0n) is 18.0. The molecule has 1 aliphatic rings. The number of benzene rings is 2. The second-order valence-electron chi connectivity index (χ2n) is 7.73. The zero-order chi connectivity index (χ0) is 23.5. The summed E-state index contributed by atoms with van der Waals surface area (Å²) in [4.78, 5) is 36.1. The summed E-state index contributed by atoms with van der Waals surface area (Å²) in [5.74, 6) is -0.571. The molecule has 4 aromatic rings. The molecule has 0 atom stereocenters. The Kier molecular flexibility index (Phi) is 6.33. The van der Waals surface area contributed by atoms with Gasteiger partial charge in [0.2, 0.25) is 0 Å². The summed E-state index contributed by atoms with van der Waals surface area (Å²) < 4.78 is 14.0. The van der Waals surface area contributed by atoms with Crippen molar-refractivity contribution in [2.24, 2.45) is 0 Å². The van der Waals surface area contributed by atoms with Crippen molar-refractivity contribution in [2.45, 2.75) is 12.8 Å². The van der Waals surface area contributed by atoms with Crippen LogP contribution in [-0.2, 0) is 0 Å². The first-order valence-corrected chi connectivity index (χ1v) is 12.3. The number of anilines is 2. The van der Waals surface area contributed by atoms with Crippen molar-refractivity contribution in [3.63, 3.8) is 0 Å². The highest BCUT2D eigenvalue weighted by Gasteiger charge is 2.20. The van der Waals surface area contributed by atoms with Crippen LogP contribution in [0.1, 0.15) is 27.5 Å². The predicted molar refractivity (Wildman–Crippen MR) is 134 cm³/mol. The fourth-order valence-corrected chi connectivity index (χ4v) is 5.26. The monoisotopic (exact) mass is 493 g/mol. The number of likely N-dealkylation sites (tertiary alicyclic amines) is 1. The van der Waals surface area contributed by atoms with Gasteiger partial charge in [-0.15, -0.1) is 11.3 Å². The van der Waals surface area contributed by atoms with Crippen molar-refractivity contribution in [3.05, 3.63) is 76.0 Å². The molecule has 1 aliphatic heterocycles. The molecule has 172 valence electrons. The molecule has 2 aromatic carbocycles. The van der Waals surface area contributed by atoms with Gasteiger partial charge in [-0.1, -0.05) is 29.0 Å². The van der Waals surface area contributed by atoms with Crippen molar-refractivity contribution in [1.82, 2.24) is 14.9 Å². The largest absolute Gasteiger partial charge is 0.324 e. The molecule has 34 heavy (non-hydrogen) atoms. The molecule has 1 saturated heterocycles. The van der Waals surface area contributed by atoms with Gasteiger partial charge in [0.25, 0.3) is 5.91 Å². The number of carbonyl (C=O) groups is 2. The van der Waals surface area contributed by atoms with E-state index in [4.69, 9.17) is 0 Å². The molecule has 3 amide bonds. The maximum Gasteiger partial charge on any atom is 0.321 e. The number of nitrogens with one attached hydrogen (secondary N) is 2. The van der Waals surface area contributed by atoms with E-state index < -0.39 is 0 Å². The van der Waals surface area contributed by atoms with Crippen LogP contribution in [0.15, 0.2) is 60.3 Å². The SMILES string of the molecule is O=C(Nc1nc2ccccc2s1)c1cnc(C=C2CCN(C(=O)Nc3ccc(F)cc3)CC2)s1. The van der Waals surface area contributed by atoms with Gasteiger partial charge in [0.05, 0.1) is 16.4 Å². The minimum absolute atomic E-state index is 0.200. The van der Waals surface area contributed by atoms with E-state index in [2.05, 4.69) is 20.6 Å². The standard InChI is InChI=1S/C24H20FN5O2S2/c25-16-5-7-17(8-6-16)27-24(32)30-11-9-15(10-12-30)13-21-26-14-20(33-21)22(31)29-23-28-18-3-1-2-4-19(18)34-23/h1-8,13-14H,9-12H2,(H,27,32)(H,28,29,31). The van der Waals surface area contributed by atoms with E-state index in [1.54, 1.807) is 11.1 Å². The third-order valence-corrected chi connectivity index (χ3v) is 7.27. The summed E-state index contributed by atoms with van der Waals surface area (Å²) in [6.07, 6.45) is 5.02. The quantitative estimate of drug-likeness (QED) is 0.373. The van der Waals surface area contributed by atoms with Crippen molar-refractivity contribution < 1.29 is 14.0 Å². The molecule has 1 fully saturated rings. The van der Waals surface area contributed by atoms with Crippen LogP contribution >= 0.6 is 22.7 Å². The molecule has 0 bridgehead atoms. The number of aromatic nitrogens is 2. The summed E-state index contributed by atoms with van der Waals surface area (Å²) >= 11 is 2.76. The molecule has 0 aliphatic carbocycles. The van der Waals surface area contributed by atoms with Gasteiger partial charge in [-0.25, -0.2) is 19.2 Å². The third-order valence-electron chi connectivity index (χ3n) is 5.38. The number of fused-ring (bicyclic) bond motifs is 1. The minimum Gasteiger partial charge on any atom is -0.324 e. The summed E-state index contributed by atoms with van der Waals surface area (Å²) in [6, 6.07) is 13.2. The van der Waals surface area contributed by atoms with E-state index in [0.29, 0.717) is 28.8 Å². The number of hydrogen-bond acceptors (Lipinski definition) is 6. The summed E-state index contributed by atoms with van der Waals surface area (Å²) in [5.41, 5.74) is 2.60. The fourth-order valence-electron chi connectivity index (χ4n) is 3.60. The van der Waals surface area contributed by atoms with E-state index in [9.17, 15) is 14.0 Å². The van der Waals surface area contributed by atoms with Gasteiger partial charge in [0.15, 0.2) is 5.13 Å². The Balaban J connectivity index is 1.16. The van der Waals surface area contributed by atoms with Gasteiger partial charge >= 0.3 is 6.03 Å². The first-order valence-electron chi connectivity index (χ1n) is 10.7. The molecule has 2 aromatic heterocycles. The zero-order valence-corrected chi connectivity index (χ0v) is 19.6. The molecule has 7 nitrogen and oxygen atoms in total. The average Bonchev–Trinajstić information content (AvgIpc) is 3.47. The molecule has 2 N–H and O–H groups in total. The van der Waals surface area contributed by atoms with Crippen LogP contribution in [0.3, 0.4) is 0 Å². The van der Waals surface area contributed by atoms with Crippen molar-refractivity contribution >= 4 is 61.7 Å². The Labute approximate surface area is 203 Å². The van der Waals surface area contributed by atoms with Crippen LogP contribution < -0.4 is 10.6 Å². The smallest absolute Gasteiger partial charge is 0.321 e. The number of amides is 3. The molecular weight excluding hydrogens is 473 g/mol. The molecule has 0 saturated carbocycles. The van der Waals surface area contributed by atoms with Gasteiger partial charge < -0.3 is 10.2 Å². The number of para-hydroxylation sites is 1. The highest BCUT2D eigenvalue weighted by Crippen LogP contribution is 2.27. The van der Waals surface area contributed by atoms with Gasteiger partial charge in [-0.05, 0) is 55.3 Å². The van der Waals surface area contributed by atoms with Gasteiger partial charge in [-0.2, -0.15) is 0 Å². The molecular formula is C24H20FN5O2S2. The first kappa shape index (κ1) is 22.2. The van der Waals surface area contributed by atoms with E-state index in [-0.39, 0.29) is 17.8 Å². The van der Waals surface area contributed by atoms with Crippen molar-refractivity contribution in [1.29, 1.82) is 0 Å². The Morgan fingerprint density at radius 2 is 1.76 bits per heavy atom. The van der Waals surface area contributed by atoms with E-state index in [1.807, 2.05) is 30.3 Å². The average molecular weight is 494 g/mol. The van der Waals surface area contributed by atoms with Crippen LogP contribution in [0.4, 0.5) is 20.0 Å². The molecule has 5 rings (SSSR count). The van der Waals surface area contributed by atoms with Crippen molar-refractivity contribution in [3.8, 4) is 0 Å². The molecule has 0 unspecified atom stereocenters. The van der Waals surface area contributed by atoms with E-state index in [0.717, 1.165) is 28.1 Å². The summed E-state index contributed by atoms with van der Waals surface area (Å²) in [6.45, 7) is 1.16. The van der Waals surface area contributed by atoms with E-state index in [1.165, 1.54) is 52.5 Å². The number of hydrogen-bond donors (Lipinski definition) is 2. The lowest BCUT2D eigenvalue weighted by atomic mass is 10.0. The topological polar surface area (TPSA) is 87.2 Å². The number of piperidine rings is 1. The van der Waals surface area contributed by atoms with Crippen LogP contribution in [0.5, 0.6) is 0 Å². The number of rotatable bonds is 4. The molecule has 3 heterocycles. The molecule has 0 spiro atoms. The van der Waals surface area contributed by atoms with Crippen molar-refractivity contribution in [2.75, 3.05) is 23.7 Å². The molecule has 10 heteroatoms. The predicted octanol–water partition coefficient (Wildman–Crippen LogP) is 5.86. The Morgan fingerprint density at radius 3 is 2.53 bits per heavy atom. The summed E-state index contributed by atoms with van der Waals surface area (Å²) in [5, 5.41) is 6.96. The van der Waals surface area contributed by atoms with Gasteiger partial charge in [0.1, 0.15) is 15.7 Å². The number of urea groups is 1. The maximum absolute atomic E-state index is 13.0. The third kappa shape index (κ3) is 5.13. The van der Waals surface area contributed by atoms with Gasteiger partial charge in [-0.3, -0.25) is 10.1 Å². The lowest BCUT2D eigenvalue weighted by Gasteiger charge is -2.28. The summed E-state index contributed by atoms with van der Waals surface area (Å²) in [7, 11) is 0. The Morgan fingerprint density at radius 1 is 1.00 bits per heavy atom. The van der Waals surface area contributed by atoms with E-state index >= 15 is 0 Å². The number of thiazole rings is 2. The maximum atomic E-state index is 13.0. The Hall–Kier alpha value is -3.63. The number of carbonyl (C=O) groups excluding carboxylic acids is 2. The van der Waals surface area contributed by atoms with Crippen LogP contribution in [0.25, 0.3) is 16.3 Å². The second kappa shape index (κ2) is 9.70. The first-order chi connectivity index (χ1) is 16.5. The fraction of sp³-hybridized carbons (Fsp3) is 0.167. The Bertz CT molecular complexity index is 1340. The number of nitrogens with zero attached hydrogens (tertiary/aromatic N) is 3. The second-order valence-corrected chi connectivity index (χ2v) is 9.82. The highest BCUT2D eigenvalue weighted by atomic mass is 32.1. The van der Waals surface area contributed by atoms with Crippen LogP contribution in [0, 0.1) is 5.82 Å². The highest BCUT2D eigenvalue weighted by molar-refractivity contribution is 7.22. The van der Waals surface area contributed by atoms with Crippen LogP contribution in [0.2, 0.25) is 0 Å². The van der Waals surface area contributed by atoms with Gasteiger partial charge in [0, 0.05) is 18.8 Å². The molecule has 0 radical (unpaired) electrons. The lowest BCUT2D eigenvalue weighted by Crippen LogP contribution is -2.39. The normalized spacial score (nSPS) is 13.7. The number of halogens is 1. The van der Waals surface area contributed by atoms with Crippen LogP contribution in [-0.4, -0.2) is 39.9 Å². The minimum atomic E-state index is -0.342. The lowest BCUT2D eigenvalue weighted by molar-refractivity contribution is 0.103.